The van der Waals surface area contributed by atoms with Crippen LogP contribution in [-0.4, -0.2) is 85.5 Å². The molecular formula is C18H24N4O4. The van der Waals surface area contributed by atoms with Gasteiger partial charge in [0, 0.05) is 64.4 Å². The Hall–Kier alpha value is -2.29. The monoisotopic (exact) mass is 360 g/mol. The molecule has 8 heteroatoms. The van der Waals surface area contributed by atoms with Crippen LogP contribution in [0.5, 0.6) is 0 Å². The van der Waals surface area contributed by atoms with Crippen molar-refractivity contribution in [3.05, 3.63) is 36.4 Å². The summed E-state index contributed by atoms with van der Waals surface area (Å²) in [6.45, 7) is 4.03. The maximum atomic E-state index is 12.7. The lowest BCUT2D eigenvalue weighted by Crippen LogP contribution is -2.54. The smallest absolute Gasteiger partial charge is 0.292 e. The van der Waals surface area contributed by atoms with E-state index in [0.29, 0.717) is 32.0 Å². The van der Waals surface area contributed by atoms with E-state index >= 15 is 0 Å². The lowest BCUT2D eigenvalue weighted by molar-refractivity contribution is 0.0104. The summed E-state index contributed by atoms with van der Waals surface area (Å²) in [4.78, 5) is 20.7. The molecule has 1 fully saturated rings. The number of aromatic nitrogens is 2. The van der Waals surface area contributed by atoms with Gasteiger partial charge < -0.3 is 18.9 Å². The van der Waals surface area contributed by atoms with Crippen LogP contribution in [0.15, 0.2) is 35.1 Å². The van der Waals surface area contributed by atoms with E-state index in [1.807, 2.05) is 12.1 Å². The first-order valence-corrected chi connectivity index (χ1v) is 8.61. The van der Waals surface area contributed by atoms with Crippen LogP contribution in [0.1, 0.15) is 10.6 Å². The molecule has 0 saturated carbocycles. The zero-order valence-corrected chi connectivity index (χ0v) is 15.1. The van der Waals surface area contributed by atoms with Gasteiger partial charge >= 0.3 is 0 Å². The number of piperazine rings is 1. The Morgan fingerprint density at radius 1 is 1.15 bits per heavy atom. The van der Waals surface area contributed by atoms with Crippen LogP contribution >= 0.6 is 0 Å². The van der Waals surface area contributed by atoms with E-state index in [1.54, 1.807) is 37.6 Å². The summed E-state index contributed by atoms with van der Waals surface area (Å²) in [6.07, 6.45) is 3.36. The summed E-state index contributed by atoms with van der Waals surface area (Å²) in [5.41, 5.74) is 1.50. The largest absolute Gasteiger partial charge is 0.383 e. The van der Waals surface area contributed by atoms with E-state index in [9.17, 15) is 4.79 Å². The second kappa shape index (κ2) is 8.88. The molecular weight excluding hydrogens is 336 g/mol. The fraction of sp³-hybridized carbons (Fsp3) is 0.500. The predicted molar refractivity (Wildman–Crippen MR) is 94.8 cm³/mol. The first kappa shape index (κ1) is 18.5. The number of carbonyl (C=O) groups excluding carboxylic acids is 1. The van der Waals surface area contributed by atoms with E-state index in [2.05, 4.69) is 15.0 Å². The van der Waals surface area contributed by atoms with Crippen molar-refractivity contribution in [1.29, 1.82) is 0 Å². The van der Waals surface area contributed by atoms with Gasteiger partial charge in [0.1, 0.15) is 5.69 Å². The second-order valence-corrected chi connectivity index (χ2v) is 6.20. The number of pyridine rings is 1. The lowest BCUT2D eigenvalue weighted by Gasteiger charge is -2.38. The van der Waals surface area contributed by atoms with Gasteiger partial charge in [-0.3, -0.25) is 14.7 Å². The molecule has 1 amide bonds. The molecule has 0 bridgehead atoms. The van der Waals surface area contributed by atoms with Gasteiger partial charge in [0.25, 0.3) is 5.91 Å². The van der Waals surface area contributed by atoms with Crippen LogP contribution in [0.3, 0.4) is 0 Å². The minimum atomic E-state index is -0.132. The highest BCUT2D eigenvalue weighted by Gasteiger charge is 2.28. The third-order valence-corrected chi connectivity index (χ3v) is 4.53. The Kier molecular flexibility index (Phi) is 6.32. The van der Waals surface area contributed by atoms with Crippen molar-refractivity contribution in [1.82, 2.24) is 19.9 Å². The number of nitrogens with zero attached hydrogens (tertiary/aromatic N) is 4. The van der Waals surface area contributed by atoms with Crippen LogP contribution in [0.2, 0.25) is 0 Å². The number of hydrogen-bond acceptors (Lipinski definition) is 7. The van der Waals surface area contributed by atoms with Crippen molar-refractivity contribution >= 4 is 5.91 Å². The molecule has 0 spiro atoms. The number of rotatable bonds is 7. The van der Waals surface area contributed by atoms with Gasteiger partial charge in [-0.15, -0.1) is 0 Å². The van der Waals surface area contributed by atoms with E-state index in [0.717, 1.165) is 18.7 Å². The van der Waals surface area contributed by atoms with Gasteiger partial charge in [-0.05, 0) is 12.1 Å². The molecule has 0 unspecified atom stereocenters. The first-order chi connectivity index (χ1) is 12.7. The molecule has 0 atom stereocenters. The number of ether oxygens (including phenoxy) is 2. The van der Waals surface area contributed by atoms with Crippen LogP contribution in [0, 0.1) is 0 Å². The second-order valence-electron chi connectivity index (χ2n) is 6.20. The lowest BCUT2D eigenvalue weighted by atomic mass is 10.2. The maximum absolute atomic E-state index is 12.7. The Labute approximate surface area is 152 Å². The summed E-state index contributed by atoms with van der Waals surface area (Å²) < 4.78 is 15.8. The molecule has 1 aliphatic heterocycles. The van der Waals surface area contributed by atoms with Gasteiger partial charge in [-0.2, -0.15) is 0 Å². The summed E-state index contributed by atoms with van der Waals surface area (Å²) in [5, 5.41) is 4.00. The highest BCUT2D eigenvalue weighted by Crippen LogP contribution is 2.19. The Morgan fingerprint density at radius 2 is 1.81 bits per heavy atom. The minimum absolute atomic E-state index is 0.132. The SMILES string of the molecule is COCC(COC)N1CCN(C(=O)c2cc(-c3ccncc3)no2)CC1. The molecule has 8 nitrogen and oxygen atoms in total. The standard InChI is InChI=1S/C18H24N4O4/c1-24-12-15(13-25-2)21-7-9-22(10-8-21)18(23)17-11-16(20-26-17)14-3-5-19-6-4-14/h3-6,11,15H,7-10,12-13H2,1-2H3. The molecule has 2 aromatic rings. The normalized spacial score (nSPS) is 15.6. The van der Waals surface area contributed by atoms with E-state index in [4.69, 9.17) is 14.0 Å². The van der Waals surface area contributed by atoms with E-state index < -0.39 is 0 Å². The van der Waals surface area contributed by atoms with Crippen molar-refractivity contribution in [2.24, 2.45) is 0 Å². The molecule has 0 aromatic carbocycles. The zero-order valence-electron chi connectivity index (χ0n) is 15.1. The molecule has 1 aliphatic rings. The number of methoxy groups -OCH3 is 2. The van der Waals surface area contributed by atoms with Crippen molar-refractivity contribution < 1.29 is 18.8 Å². The summed E-state index contributed by atoms with van der Waals surface area (Å²) in [6, 6.07) is 5.54. The van der Waals surface area contributed by atoms with Crippen molar-refractivity contribution in [2.75, 3.05) is 53.6 Å². The Morgan fingerprint density at radius 3 is 2.42 bits per heavy atom. The van der Waals surface area contributed by atoms with Gasteiger partial charge in [0.15, 0.2) is 0 Å². The van der Waals surface area contributed by atoms with Crippen molar-refractivity contribution in [2.45, 2.75) is 6.04 Å². The summed E-state index contributed by atoms with van der Waals surface area (Å²) in [7, 11) is 3.37. The minimum Gasteiger partial charge on any atom is -0.383 e. The number of amides is 1. The predicted octanol–water partition coefficient (Wildman–Crippen LogP) is 1.16. The van der Waals surface area contributed by atoms with Gasteiger partial charge in [0.05, 0.1) is 19.3 Å². The fourth-order valence-corrected chi connectivity index (χ4v) is 3.12. The maximum Gasteiger partial charge on any atom is 0.292 e. The Bertz CT molecular complexity index is 692. The van der Waals surface area contributed by atoms with E-state index in [-0.39, 0.29) is 17.7 Å². The Balaban J connectivity index is 1.59. The quantitative estimate of drug-likeness (QED) is 0.733. The van der Waals surface area contributed by atoms with Crippen molar-refractivity contribution in [3.8, 4) is 11.3 Å². The summed E-state index contributed by atoms with van der Waals surface area (Å²) >= 11 is 0. The molecule has 0 aliphatic carbocycles. The zero-order chi connectivity index (χ0) is 18.4. The number of hydrogen-bond donors (Lipinski definition) is 0. The van der Waals surface area contributed by atoms with Gasteiger partial charge in [-0.25, -0.2) is 0 Å². The average molecular weight is 360 g/mol. The molecule has 26 heavy (non-hydrogen) atoms. The summed E-state index contributed by atoms with van der Waals surface area (Å²) in [5.74, 6) is 0.128. The molecule has 140 valence electrons. The molecule has 0 N–H and O–H groups in total. The van der Waals surface area contributed by atoms with E-state index in [1.165, 1.54) is 0 Å². The number of carbonyl (C=O) groups is 1. The molecule has 0 radical (unpaired) electrons. The highest BCUT2D eigenvalue weighted by atomic mass is 16.5. The van der Waals surface area contributed by atoms with Crippen LogP contribution in [0.25, 0.3) is 11.3 Å². The molecule has 3 rings (SSSR count). The van der Waals surface area contributed by atoms with Crippen LogP contribution < -0.4 is 0 Å². The third-order valence-electron chi connectivity index (χ3n) is 4.53. The molecule has 3 heterocycles. The van der Waals surface area contributed by atoms with Gasteiger partial charge in [-0.1, -0.05) is 5.16 Å². The highest BCUT2D eigenvalue weighted by molar-refractivity contribution is 5.92. The van der Waals surface area contributed by atoms with Crippen molar-refractivity contribution in [3.63, 3.8) is 0 Å². The van der Waals surface area contributed by atoms with Crippen LogP contribution in [-0.2, 0) is 9.47 Å². The topological polar surface area (TPSA) is 80.9 Å². The average Bonchev–Trinajstić information content (AvgIpc) is 3.18. The first-order valence-electron chi connectivity index (χ1n) is 8.61. The third kappa shape index (κ3) is 4.27. The fourth-order valence-electron chi connectivity index (χ4n) is 3.12. The van der Waals surface area contributed by atoms with Crippen LogP contribution in [0.4, 0.5) is 0 Å². The molecule has 2 aromatic heterocycles. The molecule has 1 saturated heterocycles. The van der Waals surface area contributed by atoms with Gasteiger partial charge in [0.2, 0.25) is 5.76 Å².